The van der Waals surface area contributed by atoms with Crippen LogP contribution in [0.5, 0.6) is 0 Å². The minimum Gasteiger partial charge on any atom is -0.462 e. The number of carbonyl (C=O) groups is 2. The van der Waals surface area contributed by atoms with E-state index in [1.54, 1.807) is 20.8 Å². The highest BCUT2D eigenvalue weighted by Crippen LogP contribution is 2.23. The van der Waals surface area contributed by atoms with Crippen LogP contribution in [0.1, 0.15) is 39.7 Å². The van der Waals surface area contributed by atoms with Gasteiger partial charge in [-0.2, -0.15) is 5.10 Å². The van der Waals surface area contributed by atoms with Gasteiger partial charge in [0.1, 0.15) is 10.7 Å². The highest BCUT2D eigenvalue weighted by Gasteiger charge is 2.21. The van der Waals surface area contributed by atoms with Gasteiger partial charge in [-0.15, -0.1) is 0 Å². The molecule has 0 saturated carbocycles. The average Bonchev–Trinajstić information content (AvgIpc) is 3.02. The number of nitrogens with one attached hydrogen (secondary N) is 1. The van der Waals surface area contributed by atoms with E-state index in [4.69, 9.17) is 4.74 Å². The molecular weight excluding hydrogens is 387 g/mol. The van der Waals surface area contributed by atoms with E-state index < -0.39 is 23.1 Å². The standard InChI is InChI=1S/C18H17FN4O4S/c1-4-23-12-7-6-10(19)8-11(12)14(24)13(22-23)16(25)21-18-20-9(3)15(28-18)17(26)27-5-2/h6-8H,4-5H2,1-3H3,(H,20,21,25). The lowest BCUT2D eigenvalue weighted by Gasteiger charge is -2.09. The first kappa shape index (κ1) is 19.6. The van der Waals surface area contributed by atoms with Crippen LogP contribution < -0.4 is 10.7 Å². The molecule has 0 saturated heterocycles. The van der Waals surface area contributed by atoms with Crippen LogP contribution in [0.25, 0.3) is 10.9 Å². The molecule has 146 valence electrons. The molecule has 1 N–H and O–H groups in total. The second-order valence-corrected chi connectivity index (χ2v) is 6.76. The number of hydrogen-bond donors (Lipinski definition) is 1. The molecule has 0 atom stereocenters. The summed E-state index contributed by atoms with van der Waals surface area (Å²) in [4.78, 5) is 41.5. The summed E-state index contributed by atoms with van der Waals surface area (Å²) < 4.78 is 20.0. The summed E-state index contributed by atoms with van der Waals surface area (Å²) in [6.07, 6.45) is 0. The zero-order chi connectivity index (χ0) is 20.4. The molecule has 0 aliphatic carbocycles. The highest BCUT2D eigenvalue weighted by molar-refractivity contribution is 7.17. The van der Waals surface area contributed by atoms with Gasteiger partial charge in [0.05, 0.1) is 23.2 Å². The van der Waals surface area contributed by atoms with Gasteiger partial charge in [-0.05, 0) is 39.0 Å². The van der Waals surface area contributed by atoms with Gasteiger partial charge in [-0.3, -0.25) is 19.6 Å². The lowest BCUT2D eigenvalue weighted by Crippen LogP contribution is -2.27. The fourth-order valence-corrected chi connectivity index (χ4v) is 3.50. The Morgan fingerprint density at radius 3 is 2.75 bits per heavy atom. The Bertz CT molecular complexity index is 1140. The summed E-state index contributed by atoms with van der Waals surface area (Å²) >= 11 is 0.938. The van der Waals surface area contributed by atoms with Crippen molar-refractivity contribution in [2.45, 2.75) is 27.3 Å². The number of esters is 1. The number of carbonyl (C=O) groups excluding carboxylic acids is 2. The number of rotatable bonds is 5. The quantitative estimate of drug-likeness (QED) is 0.656. The molecule has 0 fully saturated rings. The molecule has 10 heteroatoms. The molecule has 0 radical (unpaired) electrons. The Kier molecular flexibility index (Phi) is 5.50. The highest BCUT2D eigenvalue weighted by atomic mass is 32.1. The summed E-state index contributed by atoms with van der Waals surface area (Å²) in [6.45, 7) is 5.68. The minimum atomic E-state index is -0.789. The SMILES string of the molecule is CCOC(=O)c1sc(NC(=O)c2nn(CC)c3ccc(F)cc3c2=O)nc1C. The third-order valence-corrected chi connectivity index (χ3v) is 4.96. The molecule has 0 spiro atoms. The van der Waals surface area contributed by atoms with Crippen molar-refractivity contribution in [1.82, 2.24) is 14.8 Å². The van der Waals surface area contributed by atoms with Crippen molar-refractivity contribution in [3.05, 3.63) is 50.5 Å². The maximum atomic E-state index is 13.6. The molecule has 28 heavy (non-hydrogen) atoms. The normalized spacial score (nSPS) is 10.9. The van der Waals surface area contributed by atoms with Gasteiger partial charge in [-0.1, -0.05) is 11.3 Å². The molecule has 0 aliphatic heterocycles. The number of aromatic nitrogens is 3. The van der Waals surface area contributed by atoms with Gasteiger partial charge in [0.2, 0.25) is 5.43 Å². The number of hydrogen-bond acceptors (Lipinski definition) is 7. The van der Waals surface area contributed by atoms with Crippen LogP contribution in [0.15, 0.2) is 23.0 Å². The molecule has 1 amide bonds. The van der Waals surface area contributed by atoms with Gasteiger partial charge in [0.15, 0.2) is 10.8 Å². The Hall–Kier alpha value is -3.14. The predicted molar refractivity (Wildman–Crippen MR) is 102 cm³/mol. The number of thiazole rings is 1. The van der Waals surface area contributed by atoms with E-state index >= 15 is 0 Å². The number of amides is 1. The molecule has 0 unspecified atom stereocenters. The van der Waals surface area contributed by atoms with E-state index in [9.17, 15) is 18.8 Å². The molecular formula is C18H17FN4O4S. The Morgan fingerprint density at radius 1 is 1.32 bits per heavy atom. The zero-order valence-electron chi connectivity index (χ0n) is 15.4. The van der Waals surface area contributed by atoms with Crippen molar-refractivity contribution in [2.75, 3.05) is 11.9 Å². The van der Waals surface area contributed by atoms with Crippen LogP contribution in [0.4, 0.5) is 9.52 Å². The van der Waals surface area contributed by atoms with Crippen LogP contribution in [-0.4, -0.2) is 33.2 Å². The van der Waals surface area contributed by atoms with Crippen molar-refractivity contribution >= 4 is 39.2 Å². The molecule has 0 aliphatic rings. The molecule has 8 nitrogen and oxygen atoms in total. The average molecular weight is 404 g/mol. The second kappa shape index (κ2) is 7.85. The minimum absolute atomic E-state index is 0.0598. The number of fused-ring (bicyclic) bond motifs is 1. The number of ether oxygens (including phenoxy) is 1. The monoisotopic (exact) mass is 404 g/mol. The third-order valence-electron chi connectivity index (χ3n) is 3.91. The van der Waals surface area contributed by atoms with Crippen molar-refractivity contribution in [3.63, 3.8) is 0 Å². The number of anilines is 1. The molecule has 0 bridgehead atoms. The van der Waals surface area contributed by atoms with Gasteiger partial charge < -0.3 is 4.74 Å². The first-order valence-corrected chi connectivity index (χ1v) is 9.33. The van der Waals surface area contributed by atoms with Crippen LogP contribution in [-0.2, 0) is 11.3 Å². The molecule has 3 rings (SSSR count). The Balaban J connectivity index is 1.98. The van der Waals surface area contributed by atoms with E-state index in [1.165, 1.54) is 16.8 Å². The van der Waals surface area contributed by atoms with E-state index in [1.807, 2.05) is 0 Å². The largest absolute Gasteiger partial charge is 0.462 e. The molecule has 2 heterocycles. The van der Waals surface area contributed by atoms with Crippen molar-refractivity contribution < 1.29 is 18.7 Å². The van der Waals surface area contributed by atoms with Gasteiger partial charge in [0.25, 0.3) is 5.91 Å². The fraction of sp³-hybridized carbons (Fsp3) is 0.278. The second-order valence-electron chi connectivity index (χ2n) is 5.76. The topological polar surface area (TPSA) is 103 Å². The van der Waals surface area contributed by atoms with Gasteiger partial charge in [-0.25, -0.2) is 14.2 Å². The number of benzene rings is 1. The van der Waals surface area contributed by atoms with Crippen LogP contribution >= 0.6 is 11.3 Å². The first-order valence-electron chi connectivity index (χ1n) is 8.52. The molecule has 2 aromatic heterocycles. The van der Waals surface area contributed by atoms with Crippen LogP contribution in [0, 0.1) is 12.7 Å². The predicted octanol–water partition coefficient (Wildman–Crippen LogP) is 2.75. The summed E-state index contributed by atoms with van der Waals surface area (Å²) in [7, 11) is 0. The van der Waals surface area contributed by atoms with Gasteiger partial charge in [0, 0.05) is 6.54 Å². The smallest absolute Gasteiger partial charge is 0.350 e. The number of halogens is 1. The van der Waals surface area contributed by atoms with E-state index in [-0.39, 0.29) is 27.7 Å². The lowest BCUT2D eigenvalue weighted by molar-refractivity contribution is 0.0531. The van der Waals surface area contributed by atoms with E-state index in [0.717, 1.165) is 17.4 Å². The fourth-order valence-electron chi connectivity index (χ4n) is 2.64. The van der Waals surface area contributed by atoms with Crippen LogP contribution in [0.3, 0.4) is 0 Å². The number of aryl methyl sites for hydroxylation is 2. The van der Waals surface area contributed by atoms with E-state index in [2.05, 4.69) is 15.4 Å². The van der Waals surface area contributed by atoms with Crippen molar-refractivity contribution in [3.8, 4) is 0 Å². The first-order chi connectivity index (χ1) is 13.3. The van der Waals surface area contributed by atoms with Crippen LogP contribution in [0.2, 0.25) is 0 Å². The lowest BCUT2D eigenvalue weighted by atomic mass is 10.2. The maximum Gasteiger partial charge on any atom is 0.350 e. The third kappa shape index (κ3) is 3.63. The molecule has 3 aromatic rings. The summed E-state index contributed by atoms with van der Waals surface area (Å²) in [5.74, 6) is -1.91. The Labute approximate surface area is 163 Å². The summed E-state index contributed by atoms with van der Waals surface area (Å²) in [5.41, 5.74) is -0.237. The molecule has 1 aromatic carbocycles. The maximum absolute atomic E-state index is 13.6. The van der Waals surface area contributed by atoms with Crippen molar-refractivity contribution in [1.29, 1.82) is 0 Å². The summed E-state index contributed by atoms with van der Waals surface area (Å²) in [6, 6.07) is 3.75. The van der Waals surface area contributed by atoms with Gasteiger partial charge >= 0.3 is 5.97 Å². The summed E-state index contributed by atoms with van der Waals surface area (Å²) in [5, 5.41) is 6.77. The Morgan fingerprint density at radius 2 is 2.07 bits per heavy atom. The van der Waals surface area contributed by atoms with E-state index in [0.29, 0.717) is 17.8 Å². The number of nitrogens with zero attached hydrogens (tertiary/aromatic N) is 3. The zero-order valence-corrected chi connectivity index (χ0v) is 16.2. The van der Waals surface area contributed by atoms with Crippen molar-refractivity contribution in [2.24, 2.45) is 0 Å².